The van der Waals surface area contributed by atoms with Crippen LogP contribution in [0, 0.1) is 0 Å². The normalized spacial score (nSPS) is 12.3. The van der Waals surface area contributed by atoms with Gasteiger partial charge < -0.3 is 10.3 Å². The zero-order valence-corrected chi connectivity index (χ0v) is 13.2. The van der Waals surface area contributed by atoms with Crippen LogP contribution in [-0.2, 0) is 0 Å². The molecule has 1 aromatic heterocycles. The highest BCUT2D eigenvalue weighted by Gasteiger charge is 2.20. The van der Waals surface area contributed by atoms with E-state index in [1.165, 1.54) is 0 Å². The average molecular weight is 365 g/mol. The second kappa shape index (κ2) is 5.97. The van der Waals surface area contributed by atoms with Gasteiger partial charge in [0.15, 0.2) is 0 Å². The minimum absolute atomic E-state index is 0.328. The van der Waals surface area contributed by atoms with E-state index in [1.54, 1.807) is 6.07 Å². The van der Waals surface area contributed by atoms with Crippen molar-refractivity contribution in [1.29, 1.82) is 0 Å². The quantitative estimate of drug-likeness (QED) is 0.756. The lowest BCUT2D eigenvalue weighted by Gasteiger charge is -2.08. The summed E-state index contributed by atoms with van der Waals surface area (Å²) >= 11 is 9.60. The van der Waals surface area contributed by atoms with Gasteiger partial charge in [-0.15, -0.1) is 0 Å². The Morgan fingerprint density at radius 2 is 1.81 bits per heavy atom. The van der Waals surface area contributed by atoms with E-state index in [2.05, 4.69) is 26.1 Å². The molecule has 106 valence electrons. The third kappa shape index (κ3) is 2.85. The summed E-state index contributed by atoms with van der Waals surface area (Å²) in [6.07, 6.45) is 0. The number of rotatable bonds is 3. The Balaban J connectivity index is 1.96. The predicted octanol–water partition coefficient (Wildman–Crippen LogP) is 4.20. The van der Waals surface area contributed by atoms with Gasteiger partial charge in [-0.05, 0) is 23.8 Å². The highest BCUT2D eigenvalue weighted by molar-refractivity contribution is 9.10. The number of hydrogen-bond acceptors (Lipinski definition) is 4. The first-order valence-electron chi connectivity index (χ1n) is 6.25. The minimum Gasteiger partial charge on any atom is -0.337 e. The van der Waals surface area contributed by atoms with Gasteiger partial charge in [0.25, 0.3) is 0 Å². The van der Waals surface area contributed by atoms with Gasteiger partial charge in [0.2, 0.25) is 11.7 Å². The maximum atomic E-state index is 6.15. The third-order valence-corrected chi connectivity index (χ3v) is 4.10. The molecule has 0 bridgehead atoms. The number of nitrogens with two attached hydrogens (primary N) is 1. The molecule has 6 heteroatoms. The summed E-state index contributed by atoms with van der Waals surface area (Å²) in [5.41, 5.74) is 7.75. The summed E-state index contributed by atoms with van der Waals surface area (Å²) in [6, 6.07) is 14.4. The molecule has 0 saturated carbocycles. The summed E-state index contributed by atoms with van der Waals surface area (Å²) in [5.74, 6) is 0.814. The van der Waals surface area contributed by atoms with E-state index < -0.39 is 6.04 Å². The number of benzene rings is 2. The van der Waals surface area contributed by atoms with Crippen molar-refractivity contribution in [3.05, 3.63) is 69.5 Å². The summed E-state index contributed by atoms with van der Waals surface area (Å²) in [4.78, 5) is 4.37. The molecule has 0 aliphatic rings. The average Bonchev–Trinajstić information content (AvgIpc) is 2.97. The van der Waals surface area contributed by atoms with E-state index in [0.29, 0.717) is 16.7 Å². The molecule has 0 aliphatic carbocycles. The first kappa shape index (κ1) is 14.3. The Morgan fingerprint density at radius 3 is 2.57 bits per heavy atom. The molecule has 0 saturated heterocycles. The monoisotopic (exact) mass is 363 g/mol. The Morgan fingerprint density at radius 1 is 1.10 bits per heavy atom. The van der Waals surface area contributed by atoms with E-state index >= 15 is 0 Å². The van der Waals surface area contributed by atoms with Crippen molar-refractivity contribution in [2.24, 2.45) is 5.73 Å². The number of nitrogens with zero attached hydrogens (tertiary/aromatic N) is 2. The van der Waals surface area contributed by atoms with Gasteiger partial charge in [0.1, 0.15) is 6.04 Å². The van der Waals surface area contributed by atoms with Gasteiger partial charge in [-0.25, -0.2) is 0 Å². The molecule has 1 atom stereocenters. The second-order valence-corrected chi connectivity index (χ2v) is 5.70. The van der Waals surface area contributed by atoms with Gasteiger partial charge in [0, 0.05) is 15.1 Å². The molecule has 3 aromatic rings. The molecule has 21 heavy (non-hydrogen) atoms. The van der Waals surface area contributed by atoms with Crippen LogP contribution < -0.4 is 5.73 Å². The Bertz CT molecular complexity index is 775. The highest BCUT2D eigenvalue weighted by Crippen LogP contribution is 2.29. The number of hydrogen-bond donors (Lipinski definition) is 1. The third-order valence-electron chi connectivity index (χ3n) is 3.06. The lowest BCUT2D eigenvalue weighted by Crippen LogP contribution is -2.12. The molecule has 0 amide bonds. The standard InChI is InChI=1S/C15H11BrClN3O/c16-11-7-3-1-5-9(11)14-19-15(21-20-14)13(18)10-6-2-4-8-12(10)17/h1-8,13H,18H2/t13-/m1/s1. The SMILES string of the molecule is N[C@@H](c1nc(-c2ccccc2Br)no1)c1ccccc1Cl. The summed E-state index contributed by atoms with van der Waals surface area (Å²) in [6.45, 7) is 0. The topological polar surface area (TPSA) is 64.9 Å². The zero-order valence-electron chi connectivity index (χ0n) is 10.8. The lowest BCUT2D eigenvalue weighted by molar-refractivity contribution is 0.367. The van der Waals surface area contributed by atoms with E-state index in [0.717, 1.165) is 15.6 Å². The molecule has 0 spiro atoms. The van der Waals surface area contributed by atoms with Gasteiger partial charge in [0.05, 0.1) is 0 Å². The molecule has 4 nitrogen and oxygen atoms in total. The molecule has 3 rings (SSSR count). The molecule has 0 aliphatic heterocycles. The van der Waals surface area contributed by atoms with E-state index in [4.69, 9.17) is 21.9 Å². The number of halogens is 2. The fourth-order valence-electron chi connectivity index (χ4n) is 1.97. The van der Waals surface area contributed by atoms with Gasteiger partial charge in [-0.2, -0.15) is 4.98 Å². The minimum atomic E-state index is -0.553. The second-order valence-electron chi connectivity index (χ2n) is 4.44. The Hall–Kier alpha value is -1.69. The van der Waals surface area contributed by atoms with Crippen LogP contribution in [-0.4, -0.2) is 10.1 Å². The Labute approximate surface area is 135 Å². The fraction of sp³-hybridized carbons (Fsp3) is 0.0667. The zero-order chi connectivity index (χ0) is 14.8. The summed E-state index contributed by atoms with van der Waals surface area (Å²) in [7, 11) is 0. The molecular weight excluding hydrogens is 354 g/mol. The summed E-state index contributed by atoms with van der Waals surface area (Å²) < 4.78 is 6.17. The van der Waals surface area contributed by atoms with Crippen LogP contribution in [0.2, 0.25) is 5.02 Å². The first-order valence-corrected chi connectivity index (χ1v) is 7.42. The molecule has 1 heterocycles. The highest BCUT2D eigenvalue weighted by atomic mass is 79.9. The first-order chi connectivity index (χ1) is 10.2. The van der Waals surface area contributed by atoms with Gasteiger partial charge in [-0.3, -0.25) is 0 Å². The van der Waals surface area contributed by atoms with E-state index in [-0.39, 0.29) is 0 Å². The fourth-order valence-corrected chi connectivity index (χ4v) is 2.69. The van der Waals surface area contributed by atoms with Gasteiger partial charge >= 0.3 is 0 Å². The molecule has 2 N–H and O–H groups in total. The van der Waals surface area contributed by atoms with Crippen LogP contribution in [0.3, 0.4) is 0 Å². The van der Waals surface area contributed by atoms with Crippen LogP contribution in [0.1, 0.15) is 17.5 Å². The van der Waals surface area contributed by atoms with Crippen LogP contribution in [0.25, 0.3) is 11.4 Å². The van der Waals surface area contributed by atoms with Crippen molar-refractivity contribution in [1.82, 2.24) is 10.1 Å². The van der Waals surface area contributed by atoms with Crippen molar-refractivity contribution in [2.45, 2.75) is 6.04 Å². The molecule has 0 radical (unpaired) electrons. The van der Waals surface area contributed by atoms with Gasteiger partial charge in [-0.1, -0.05) is 63.0 Å². The van der Waals surface area contributed by atoms with Crippen LogP contribution in [0.15, 0.2) is 57.5 Å². The number of aromatic nitrogens is 2. The van der Waals surface area contributed by atoms with Crippen LogP contribution in [0.4, 0.5) is 0 Å². The summed E-state index contributed by atoms with van der Waals surface area (Å²) in [5, 5.41) is 4.56. The van der Waals surface area contributed by atoms with Crippen molar-refractivity contribution in [3.63, 3.8) is 0 Å². The lowest BCUT2D eigenvalue weighted by atomic mass is 10.1. The van der Waals surface area contributed by atoms with Crippen molar-refractivity contribution < 1.29 is 4.52 Å². The maximum Gasteiger partial charge on any atom is 0.248 e. The van der Waals surface area contributed by atoms with Crippen LogP contribution in [0.5, 0.6) is 0 Å². The maximum absolute atomic E-state index is 6.15. The van der Waals surface area contributed by atoms with Crippen LogP contribution >= 0.6 is 27.5 Å². The predicted molar refractivity (Wildman–Crippen MR) is 84.9 cm³/mol. The van der Waals surface area contributed by atoms with Crippen molar-refractivity contribution >= 4 is 27.5 Å². The smallest absolute Gasteiger partial charge is 0.248 e. The van der Waals surface area contributed by atoms with E-state index in [1.807, 2.05) is 42.5 Å². The molecule has 0 unspecified atom stereocenters. The van der Waals surface area contributed by atoms with E-state index in [9.17, 15) is 0 Å². The van der Waals surface area contributed by atoms with Crippen molar-refractivity contribution in [3.8, 4) is 11.4 Å². The largest absolute Gasteiger partial charge is 0.337 e. The van der Waals surface area contributed by atoms with Crippen molar-refractivity contribution in [2.75, 3.05) is 0 Å². The molecule has 2 aromatic carbocycles. The molecule has 0 fully saturated rings. The molecular formula is C15H11BrClN3O. The Kier molecular flexibility index (Phi) is 4.05.